The number of rotatable bonds is 4. The topological polar surface area (TPSA) is 84.2 Å². The predicted molar refractivity (Wildman–Crippen MR) is 56.2 cm³/mol. The monoisotopic (exact) mass is 295 g/mol. The maximum Gasteiger partial charge on any atom is 0.387 e. The van der Waals surface area contributed by atoms with E-state index in [1.165, 1.54) is 0 Å². The number of benzene rings is 1. The summed E-state index contributed by atoms with van der Waals surface area (Å²) < 4.78 is 50.6. The van der Waals surface area contributed by atoms with Crippen LogP contribution in [0.2, 0.25) is 0 Å². The van der Waals surface area contributed by atoms with Gasteiger partial charge in [-0.05, 0) is 12.1 Å². The van der Waals surface area contributed by atoms with Crippen LogP contribution in [0.1, 0.15) is 15.9 Å². The summed E-state index contributed by atoms with van der Waals surface area (Å²) in [6, 6.07) is 3.33. The second-order valence-electron chi connectivity index (χ2n) is 2.90. The van der Waals surface area contributed by atoms with Crippen molar-refractivity contribution in [3.63, 3.8) is 0 Å². The second-order valence-corrected chi connectivity index (χ2v) is 5.43. The first-order valence-electron chi connectivity index (χ1n) is 4.23. The molecule has 0 bridgehead atoms. The van der Waals surface area contributed by atoms with Crippen LogP contribution in [0.4, 0.5) is 8.78 Å². The zero-order chi connectivity index (χ0) is 13.9. The molecule has 96 valence electrons. The average molecular weight is 296 g/mol. The molecule has 1 aromatic carbocycles. The zero-order valence-electron chi connectivity index (χ0n) is 8.43. The van der Waals surface area contributed by atoms with Crippen molar-refractivity contribution in [2.45, 2.75) is 11.5 Å². The first kappa shape index (κ1) is 14.3. The van der Waals surface area contributed by atoms with Crippen LogP contribution in [-0.2, 0) is 9.05 Å². The van der Waals surface area contributed by atoms with Crippen LogP contribution in [0.5, 0.6) is 5.75 Å². The van der Waals surface area contributed by atoms with Crippen molar-refractivity contribution in [1.82, 2.24) is 0 Å². The van der Waals surface area contributed by atoms with Gasteiger partial charge in [0.15, 0.2) is 12.0 Å². The van der Waals surface area contributed by atoms with Crippen LogP contribution in [0, 0.1) is 11.3 Å². The van der Waals surface area contributed by atoms with Crippen LogP contribution < -0.4 is 4.74 Å². The summed E-state index contributed by atoms with van der Waals surface area (Å²) in [5.41, 5.74) is -0.899. The number of hydrogen-bond acceptors (Lipinski definition) is 5. The highest BCUT2D eigenvalue weighted by Crippen LogP contribution is 2.33. The quantitative estimate of drug-likeness (QED) is 0.625. The number of nitriles is 1. The van der Waals surface area contributed by atoms with Gasteiger partial charge >= 0.3 is 6.61 Å². The minimum atomic E-state index is -4.39. The molecule has 5 nitrogen and oxygen atoms in total. The summed E-state index contributed by atoms with van der Waals surface area (Å²) in [4.78, 5) is 9.95. The molecule has 0 N–H and O–H groups in total. The van der Waals surface area contributed by atoms with E-state index in [9.17, 15) is 22.0 Å². The smallest absolute Gasteiger partial charge is 0.387 e. The molecule has 0 heterocycles. The molecule has 0 atom stereocenters. The molecular formula is C9H4ClF2NO4S. The third-order valence-corrected chi connectivity index (χ3v) is 3.21. The number of aldehydes is 1. The van der Waals surface area contributed by atoms with Crippen molar-refractivity contribution in [2.75, 3.05) is 0 Å². The Hall–Kier alpha value is -1.72. The van der Waals surface area contributed by atoms with Crippen molar-refractivity contribution in [3.05, 3.63) is 23.3 Å². The van der Waals surface area contributed by atoms with Gasteiger partial charge in [-0.3, -0.25) is 4.79 Å². The highest BCUT2D eigenvalue weighted by atomic mass is 35.7. The Morgan fingerprint density at radius 2 is 2.06 bits per heavy atom. The minimum absolute atomic E-state index is 0.0435. The van der Waals surface area contributed by atoms with Gasteiger partial charge in [0.1, 0.15) is 11.0 Å². The Labute approximate surface area is 105 Å². The van der Waals surface area contributed by atoms with Crippen LogP contribution in [0.25, 0.3) is 0 Å². The van der Waals surface area contributed by atoms with E-state index < -0.39 is 31.9 Å². The van der Waals surface area contributed by atoms with E-state index in [-0.39, 0.29) is 11.8 Å². The lowest BCUT2D eigenvalue weighted by molar-refractivity contribution is -0.0519. The molecule has 0 saturated carbocycles. The van der Waals surface area contributed by atoms with Gasteiger partial charge in [0.2, 0.25) is 0 Å². The fourth-order valence-corrected chi connectivity index (χ4v) is 2.17. The normalized spacial score (nSPS) is 11.1. The fourth-order valence-electron chi connectivity index (χ4n) is 1.20. The van der Waals surface area contributed by atoms with E-state index in [2.05, 4.69) is 4.74 Å². The third kappa shape index (κ3) is 2.94. The van der Waals surface area contributed by atoms with E-state index in [1.54, 1.807) is 6.07 Å². The number of hydrogen-bond donors (Lipinski definition) is 0. The molecule has 1 rings (SSSR count). The van der Waals surface area contributed by atoms with Crippen molar-refractivity contribution in [1.29, 1.82) is 5.26 Å². The molecule has 0 radical (unpaired) electrons. The summed E-state index contributed by atoms with van der Waals surface area (Å²) in [5, 5.41) is 8.67. The van der Waals surface area contributed by atoms with Gasteiger partial charge in [-0.2, -0.15) is 14.0 Å². The van der Waals surface area contributed by atoms with E-state index >= 15 is 0 Å². The molecule has 1 aromatic rings. The lowest BCUT2D eigenvalue weighted by atomic mass is 10.1. The first-order valence-corrected chi connectivity index (χ1v) is 6.54. The molecule has 0 fully saturated rings. The predicted octanol–water partition coefficient (Wildman–Crippen LogP) is 1.90. The van der Waals surface area contributed by atoms with Gasteiger partial charge in [-0.1, -0.05) is 0 Å². The molecule has 0 aliphatic rings. The largest absolute Gasteiger partial charge is 0.433 e. The fraction of sp³-hybridized carbons (Fsp3) is 0.111. The summed E-state index contributed by atoms with van der Waals surface area (Å²) >= 11 is 0. The van der Waals surface area contributed by atoms with Gasteiger partial charge in [-0.25, -0.2) is 8.42 Å². The lowest BCUT2D eigenvalue weighted by Gasteiger charge is -2.11. The Bertz CT molecular complexity index is 624. The number of alkyl halides is 2. The molecule has 18 heavy (non-hydrogen) atoms. The lowest BCUT2D eigenvalue weighted by Crippen LogP contribution is -2.09. The van der Waals surface area contributed by atoms with Crippen LogP contribution in [0.3, 0.4) is 0 Å². The number of ether oxygens (including phenoxy) is 1. The van der Waals surface area contributed by atoms with Gasteiger partial charge in [0, 0.05) is 10.7 Å². The van der Waals surface area contributed by atoms with Gasteiger partial charge < -0.3 is 4.74 Å². The Kier molecular flexibility index (Phi) is 4.21. The van der Waals surface area contributed by atoms with E-state index in [0.717, 1.165) is 12.1 Å². The van der Waals surface area contributed by atoms with E-state index in [0.29, 0.717) is 0 Å². The second kappa shape index (κ2) is 5.29. The molecule has 0 spiro atoms. The Morgan fingerprint density at radius 1 is 1.44 bits per heavy atom. The number of carbonyl (C=O) groups excluding carboxylic acids is 1. The summed E-state index contributed by atoms with van der Waals surface area (Å²) in [5.74, 6) is -0.936. The summed E-state index contributed by atoms with van der Waals surface area (Å²) in [6.45, 7) is -3.37. The van der Waals surface area contributed by atoms with E-state index in [4.69, 9.17) is 15.9 Å². The van der Waals surface area contributed by atoms with Crippen LogP contribution in [0.15, 0.2) is 17.0 Å². The number of nitrogens with zero attached hydrogens (tertiary/aromatic N) is 1. The summed E-state index contributed by atoms with van der Waals surface area (Å²) in [7, 11) is 0.629. The first-order chi connectivity index (χ1) is 8.31. The molecule has 0 aliphatic heterocycles. The van der Waals surface area contributed by atoms with Crippen molar-refractivity contribution in [3.8, 4) is 11.8 Å². The van der Waals surface area contributed by atoms with E-state index in [1.807, 2.05) is 0 Å². The minimum Gasteiger partial charge on any atom is -0.433 e. The Morgan fingerprint density at radius 3 is 2.44 bits per heavy atom. The average Bonchev–Trinajstić information content (AvgIpc) is 2.25. The van der Waals surface area contributed by atoms with Crippen LogP contribution >= 0.6 is 10.7 Å². The highest BCUT2D eigenvalue weighted by Gasteiger charge is 2.24. The highest BCUT2D eigenvalue weighted by molar-refractivity contribution is 8.13. The number of carbonyl (C=O) groups is 1. The zero-order valence-corrected chi connectivity index (χ0v) is 10.0. The van der Waals surface area contributed by atoms with Crippen molar-refractivity contribution < 1.29 is 26.7 Å². The molecule has 0 amide bonds. The molecule has 9 heteroatoms. The maximum atomic E-state index is 12.2. The Balaban J connectivity index is 3.66. The molecule has 0 unspecified atom stereocenters. The molecule has 0 aliphatic carbocycles. The third-order valence-electron chi connectivity index (χ3n) is 1.87. The van der Waals surface area contributed by atoms with Crippen molar-refractivity contribution >= 4 is 26.0 Å². The molecule has 0 aromatic heterocycles. The van der Waals surface area contributed by atoms with Crippen molar-refractivity contribution in [2.24, 2.45) is 0 Å². The van der Waals surface area contributed by atoms with Gasteiger partial charge in [0.25, 0.3) is 9.05 Å². The molecular weight excluding hydrogens is 292 g/mol. The van der Waals surface area contributed by atoms with Gasteiger partial charge in [-0.15, -0.1) is 0 Å². The maximum absolute atomic E-state index is 12.2. The summed E-state index contributed by atoms with van der Waals surface area (Å²) in [6.07, 6.45) is 0.0435. The SMILES string of the molecule is N#Cc1ccc(S(=O)(=O)Cl)c(OC(F)F)c1C=O. The van der Waals surface area contributed by atoms with Gasteiger partial charge in [0.05, 0.1) is 11.1 Å². The van der Waals surface area contributed by atoms with Crippen LogP contribution in [-0.4, -0.2) is 21.3 Å². The standard InChI is InChI=1S/C9H4ClF2NO4S/c10-18(15,16)7-2-1-5(3-13)6(4-14)8(7)17-9(11)12/h1-2,4,9H. The number of halogens is 3. The molecule has 0 saturated heterocycles.